The van der Waals surface area contributed by atoms with Crippen LogP contribution in [0.4, 0.5) is 0 Å². The van der Waals surface area contributed by atoms with Crippen molar-refractivity contribution >= 4 is 12.0 Å². The van der Waals surface area contributed by atoms with E-state index < -0.39 is 0 Å². The fourth-order valence-electron chi connectivity index (χ4n) is 2.58. The van der Waals surface area contributed by atoms with Crippen LogP contribution in [0.25, 0.3) is 6.08 Å². The Labute approximate surface area is 160 Å². The summed E-state index contributed by atoms with van der Waals surface area (Å²) < 4.78 is 16.4. The van der Waals surface area contributed by atoms with Gasteiger partial charge in [0, 0.05) is 12.6 Å². The van der Waals surface area contributed by atoms with Crippen LogP contribution in [0.5, 0.6) is 11.5 Å². The minimum atomic E-state index is -0.0937. The summed E-state index contributed by atoms with van der Waals surface area (Å²) in [5, 5.41) is 6.80. The number of nitrogens with zero attached hydrogens (tertiary/aromatic N) is 1. The first kappa shape index (κ1) is 20.6. The molecule has 0 saturated heterocycles. The SMILES string of the molecule is CCCCCNC(=O)C=Cc1ccc(OCc2c(C)noc2C)c(OC)c1. The number of hydrogen-bond donors (Lipinski definition) is 1. The van der Waals surface area contributed by atoms with E-state index in [0.29, 0.717) is 24.7 Å². The van der Waals surface area contributed by atoms with E-state index in [4.69, 9.17) is 14.0 Å². The molecule has 1 aromatic carbocycles. The molecule has 2 rings (SSSR count). The molecule has 0 spiro atoms. The highest BCUT2D eigenvalue weighted by Crippen LogP contribution is 2.30. The normalized spacial score (nSPS) is 11.0. The number of rotatable bonds is 10. The van der Waals surface area contributed by atoms with Crippen molar-refractivity contribution in [3.63, 3.8) is 0 Å². The summed E-state index contributed by atoms with van der Waals surface area (Å²) in [4.78, 5) is 11.8. The van der Waals surface area contributed by atoms with Gasteiger partial charge in [0.25, 0.3) is 0 Å². The Hall–Kier alpha value is -2.76. The van der Waals surface area contributed by atoms with Crippen LogP contribution in [-0.2, 0) is 11.4 Å². The molecule has 1 amide bonds. The number of ether oxygens (including phenoxy) is 2. The summed E-state index contributed by atoms with van der Waals surface area (Å²) in [6.45, 7) is 6.93. The van der Waals surface area contributed by atoms with Crippen LogP contribution >= 0.6 is 0 Å². The zero-order chi connectivity index (χ0) is 19.6. The summed E-state index contributed by atoms with van der Waals surface area (Å²) >= 11 is 0. The average molecular weight is 372 g/mol. The lowest BCUT2D eigenvalue weighted by Crippen LogP contribution is -2.21. The maximum absolute atomic E-state index is 11.8. The Morgan fingerprint density at radius 3 is 2.74 bits per heavy atom. The van der Waals surface area contributed by atoms with Gasteiger partial charge in [-0.25, -0.2) is 0 Å². The van der Waals surface area contributed by atoms with Crippen molar-refractivity contribution in [3.05, 3.63) is 46.9 Å². The number of hydrogen-bond acceptors (Lipinski definition) is 5. The van der Waals surface area contributed by atoms with Gasteiger partial charge >= 0.3 is 0 Å². The van der Waals surface area contributed by atoms with E-state index in [1.54, 1.807) is 13.2 Å². The summed E-state index contributed by atoms with van der Waals surface area (Å²) in [6.07, 6.45) is 6.55. The summed E-state index contributed by atoms with van der Waals surface area (Å²) in [5.74, 6) is 1.88. The van der Waals surface area contributed by atoms with E-state index in [0.717, 1.165) is 41.8 Å². The molecule has 1 N–H and O–H groups in total. The third-order valence-corrected chi connectivity index (χ3v) is 4.25. The molecular formula is C21H28N2O4. The van der Waals surface area contributed by atoms with Gasteiger partial charge in [0.1, 0.15) is 12.4 Å². The number of benzene rings is 1. The highest BCUT2D eigenvalue weighted by molar-refractivity contribution is 5.91. The number of unbranched alkanes of at least 4 members (excludes halogenated alkanes) is 2. The molecule has 6 heteroatoms. The van der Waals surface area contributed by atoms with Gasteiger partial charge in [-0.2, -0.15) is 0 Å². The second-order valence-electron chi connectivity index (χ2n) is 6.33. The first-order valence-electron chi connectivity index (χ1n) is 9.23. The van der Waals surface area contributed by atoms with E-state index >= 15 is 0 Å². The molecule has 0 saturated carbocycles. The predicted octanol–water partition coefficient (Wildman–Crippen LogP) is 4.20. The molecule has 1 aromatic heterocycles. The van der Waals surface area contributed by atoms with Gasteiger partial charge in [0.15, 0.2) is 11.5 Å². The molecule has 0 aliphatic heterocycles. The summed E-state index contributed by atoms with van der Waals surface area (Å²) in [5.41, 5.74) is 2.61. The van der Waals surface area contributed by atoms with Crippen molar-refractivity contribution in [3.8, 4) is 11.5 Å². The van der Waals surface area contributed by atoms with Crippen LogP contribution in [0.3, 0.4) is 0 Å². The predicted molar refractivity (Wildman–Crippen MR) is 105 cm³/mol. The van der Waals surface area contributed by atoms with Crippen molar-refractivity contribution in [2.75, 3.05) is 13.7 Å². The molecule has 0 atom stereocenters. The van der Waals surface area contributed by atoms with Crippen molar-refractivity contribution in [1.29, 1.82) is 0 Å². The van der Waals surface area contributed by atoms with Crippen LogP contribution in [0, 0.1) is 13.8 Å². The van der Waals surface area contributed by atoms with Gasteiger partial charge in [-0.05, 0) is 44.0 Å². The third kappa shape index (κ3) is 6.16. The van der Waals surface area contributed by atoms with Gasteiger partial charge in [-0.15, -0.1) is 0 Å². The number of aromatic nitrogens is 1. The molecule has 0 unspecified atom stereocenters. The Morgan fingerprint density at radius 2 is 2.07 bits per heavy atom. The lowest BCUT2D eigenvalue weighted by molar-refractivity contribution is -0.116. The Balaban J connectivity index is 1.96. The molecule has 0 aliphatic rings. The molecule has 0 fully saturated rings. The Bertz CT molecular complexity index is 761. The van der Waals surface area contributed by atoms with Crippen LogP contribution in [-0.4, -0.2) is 24.7 Å². The lowest BCUT2D eigenvalue weighted by atomic mass is 10.2. The van der Waals surface area contributed by atoms with Gasteiger partial charge in [0.05, 0.1) is 18.4 Å². The number of methoxy groups -OCH3 is 1. The van der Waals surface area contributed by atoms with Crippen molar-refractivity contribution in [1.82, 2.24) is 10.5 Å². The van der Waals surface area contributed by atoms with Crippen LogP contribution < -0.4 is 14.8 Å². The highest BCUT2D eigenvalue weighted by atomic mass is 16.5. The monoisotopic (exact) mass is 372 g/mol. The molecular weight excluding hydrogens is 344 g/mol. The van der Waals surface area contributed by atoms with Gasteiger partial charge in [-0.1, -0.05) is 31.0 Å². The molecule has 0 radical (unpaired) electrons. The zero-order valence-electron chi connectivity index (χ0n) is 16.5. The standard InChI is InChI=1S/C21H28N2O4/c1-5-6-7-12-22-21(24)11-9-17-8-10-19(20(13-17)25-4)26-14-18-15(2)23-27-16(18)3/h8-11,13H,5-7,12,14H2,1-4H3,(H,22,24). The molecule has 146 valence electrons. The molecule has 0 aliphatic carbocycles. The number of carbonyl (C=O) groups is 1. The number of carbonyl (C=O) groups excluding carboxylic acids is 1. The van der Waals surface area contributed by atoms with E-state index in [1.165, 1.54) is 6.08 Å². The fourth-order valence-corrected chi connectivity index (χ4v) is 2.58. The van der Waals surface area contributed by atoms with Crippen molar-refractivity contribution < 1.29 is 18.8 Å². The van der Waals surface area contributed by atoms with E-state index in [2.05, 4.69) is 17.4 Å². The Kier molecular flexibility index (Phi) is 7.92. The van der Waals surface area contributed by atoms with E-state index in [-0.39, 0.29) is 5.91 Å². The summed E-state index contributed by atoms with van der Waals surface area (Å²) in [7, 11) is 1.59. The molecule has 2 aromatic rings. The van der Waals surface area contributed by atoms with Crippen LogP contribution in [0.15, 0.2) is 28.8 Å². The minimum absolute atomic E-state index is 0.0937. The molecule has 1 heterocycles. The minimum Gasteiger partial charge on any atom is -0.493 e. The smallest absolute Gasteiger partial charge is 0.243 e. The maximum atomic E-state index is 11.8. The largest absolute Gasteiger partial charge is 0.493 e. The third-order valence-electron chi connectivity index (χ3n) is 4.25. The molecule has 6 nitrogen and oxygen atoms in total. The van der Waals surface area contributed by atoms with E-state index in [9.17, 15) is 4.79 Å². The summed E-state index contributed by atoms with van der Waals surface area (Å²) in [6, 6.07) is 5.55. The van der Waals surface area contributed by atoms with Crippen molar-refractivity contribution in [2.45, 2.75) is 46.6 Å². The number of amides is 1. The van der Waals surface area contributed by atoms with E-state index in [1.807, 2.05) is 32.0 Å². The topological polar surface area (TPSA) is 73.6 Å². The van der Waals surface area contributed by atoms with Crippen LogP contribution in [0.1, 0.15) is 48.8 Å². The number of nitrogens with one attached hydrogen (secondary N) is 1. The fraction of sp³-hybridized carbons (Fsp3) is 0.429. The number of aryl methyl sites for hydroxylation is 2. The van der Waals surface area contributed by atoms with Crippen molar-refractivity contribution in [2.24, 2.45) is 0 Å². The van der Waals surface area contributed by atoms with Gasteiger partial charge in [0.2, 0.25) is 5.91 Å². The Morgan fingerprint density at radius 1 is 1.26 bits per heavy atom. The lowest BCUT2D eigenvalue weighted by Gasteiger charge is -2.11. The second kappa shape index (κ2) is 10.4. The zero-order valence-corrected chi connectivity index (χ0v) is 16.5. The first-order valence-corrected chi connectivity index (χ1v) is 9.23. The van der Waals surface area contributed by atoms with Gasteiger partial charge < -0.3 is 19.3 Å². The van der Waals surface area contributed by atoms with Gasteiger partial charge in [-0.3, -0.25) is 4.79 Å². The average Bonchev–Trinajstić information content (AvgIpc) is 3.00. The second-order valence-corrected chi connectivity index (χ2v) is 6.33. The highest BCUT2D eigenvalue weighted by Gasteiger charge is 2.11. The first-order chi connectivity index (χ1) is 13.0. The maximum Gasteiger partial charge on any atom is 0.243 e. The molecule has 0 bridgehead atoms. The molecule has 27 heavy (non-hydrogen) atoms. The quantitative estimate of drug-likeness (QED) is 0.500. The van der Waals surface area contributed by atoms with Crippen LogP contribution in [0.2, 0.25) is 0 Å².